The Balaban J connectivity index is 1.78. The maximum Gasteiger partial charge on any atom is 0.243 e. The van der Waals surface area contributed by atoms with Crippen molar-refractivity contribution in [3.05, 3.63) is 63.6 Å². The smallest absolute Gasteiger partial charge is 0.243 e. The minimum absolute atomic E-state index is 0.0797. The summed E-state index contributed by atoms with van der Waals surface area (Å²) < 4.78 is 26.3. The van der Waals surface area contributed by atoms with Gasteiger partial charge in [-0.3, -0.25) is 13.9 Å². The van der Waals surface area contributed by atoms with Gasteiger partial charge < -0.3 is 10.2 Å². The van der Waals surface area contributed by atoms with Gasteiger partial charge in [-0.05, 0) is 62.4 Å². The van der Waals surface area contributed by atoms with Crippen LogP contribution in [0.4, 0.5) is 5.69 Å². The minimum Gasteiger partial charge on any atom is -0.352 e. The van der Waals surface area contributed by atoms with Crippen LogP contribution in [-0.2, 0) is 26.2 Å². The Morgan fingerprint density at radius 1 is 1.05 bits per heavy atom. The Bertz CT molecular complexity index is 1230. The Morgan fingerprint density at radius 3 is 2.31 bits per heavy atom. The number of carbonyl (C=O) groups is 2. The molecule has 0 radical (unpaired) electrons. The standard InChI is InChI=1S/C29H39Cl2N3O4S/c1-4-27(29(36)32-24-9-6-5-7-10-24)33(20-22-14-15-23(30)19-26(22)31)28(35)11-8-18-34(39(3,37)38)25-16-12-21(2)13-17-25/h12-17,19,24,27H,4-11,18,20H2,1-3H3,(H,32,36)/t27-/m1/s1. The highest BCUT2D eigenvalue weighted by Crippen LogP contribution is 2.25. The average Bonchev–Trinajstić information content (AvgIpc) is 2.88. The number of hydrogen-bond donors (Lipinski definition) is 1. The van der Waals surface area contributed by atoms with Gasteiger partial charge in [0, 0.05) is 35.6 Å². The zero-order chi connectivity index (χ0) is 28.6. The van der Waals surface area contributed by atoms with Crippen molar-refractivity contribution in [3.63, 3.8) is 0 Å². The van der Waals surface area contributed by atoms with Gasteiger partial charge in [-0.25, -0.2) is 8.42 Å². The molecule has 7 nitrogen and oxygen atoms in total. The Hall–Kier alpha value is -2.29. The molecule has 1 atom stereocenters. The number of nitrogens with zero attached hydrogens (tertiary/aromatic N) is 2. The molecule has 1 saturated carbocycles. The summed E-state index contributed by atoms with van der Waals surface area (Å²) >= 11 is 12.5. The minimum atomic E-state index is -3.54. The van der Waals surface area contributed by atoms with Crippen LogP contribution in [0.3, 0.4) is 0 Å². The quantitative estimate of drug-likeness (QED) is 0.321. The highest BCUT2D eigenvalue weighted by Gasteiger charge is 2.31. The summed E-state index contributed by atoms with van der Waals surface area (Å²) in [6, 6.07) is 11.8. The lowest BCUT2D eigenvalue weighted by Crippen LogP contribution is -2.51. The Labute approximate surface area is 242 Å². The lowest BCUT2D eigenvalue weighted by molar-refractivity contribution is -0.141. The molecular weight excluding hydrogens is 557 g/mol. The molecule has 0 unspecified atom stereocenters. The summed E-state index contributed by atoms with van der Waals surface area (Å²) in [6.45, 7) is 4.12. The Kier molecular flexibility index (Phi) is 11.5. The summed E-state index contributed by atoms with van der Waals surface area (Å²) in [5.74, 6) is -0.399. The normalized spacial score (nSPS) is 15.0. The van der Waals surface area contributed by atoms with Crippen LogP contribution in [-0.4, -0.2) is 50.0 Å². The molecule has 0 bridgehead atoms. The summed E-state index contributed by atoms with van der Waals surface area (Å²) in [7, 11) is -3.54. The second-order valence-electron chi connectivity index (χ2n) is 10.3. The second-order valence-corrected chi connectivity index (χ2v) is 13.0. The molecule has 10 heteroatoms. The molecule has 39 heavy (non-hydrogen) atoms. The van der Waals surface area contributed by atoms with Crippen molar-refractivity contribution in [2.45, 2.75) is 83.8 Å². The molecule has 3 rings (SSSR count). The van der Waals surface area contributed by atoms with Gasteiger partial charge in [0.05, 0.1) is 11.9 Å². The van der Waals surface area contributed by atoms with Gasteiger partial charge in [-0.2, -0.15) is 0 Å². The van der Waals surface area contributed by atoms with Crippen LogP contribution < -0.4 is 9.62 Å². The first-order chi connectivity index (χ1) is 18.5. The number of hydrogen-bond acceptors (Lipinski definition) is 4. The fraction of sp³-hybridized carbons (Fsp3) is 0.517. The van der Waals surface area contributed by atoms with Crippen LogP contribution in [0.25, 0.3) is 0 Å². The number of aryl methyl sites for hydroxylation is 1. The first-order valence-electron chi connectivity index (χ1n) is 13.6. The first-order valence-corrected chi connectivity index (χ1v) is 16.2. The van der Waals surface area contributed by atoms with Crippen LogP contribution in [0.5, 0.6) is 0 Å². The maximum atomic E-state index is 13.6. The van der Waals surface area contributed by atoms with E-state index in [2.05, 4.69) is 5.32 Å². The molecule has 0 aliphatic heterocycles. The number of benzene rings is 2. The molecule has 214 valence electrons. The average molecular weight is 597 g/mol. The highest BCUT2D eigenvalue weighted by atomic mass is 35.5. The van der Waals surface area contributed by atoms with Crippen LogP contribution in [0.1, 0.15) is 69.4 Å². The van der Waals surface area contributed by atoms with Crippen molar-refractivity contribution >= 4 is 50.7 Å². The van der Waals surface area contributed by atoms with Crippen LogP contribution in [0.2, 0.25) is 10.0 Å². The molecule has 0 saturated heterocycles. The van der Waals surface area contributed by atoms with E-state index in [1.54, 1.807) is 35.2 Å². The van der Waals surface area contributed by atoms with Crippen molar-refractivity contribution in [1.29, 1.82) is 0 Å². The van der Waals surface area contributed by atoms with Crippen LogP contribution >= 0.6 is 23.2 Å². The molecule has 0 spiro atoms. The molecule has 2 aromatic carbocycles. The summed E-state index contributed by atoms with van der Waals surface area (Å²) in [5, 5.41) is 4.07. The predicted octanol–water partition coefficient (Wildman–Crippen LogP) is 6.10. The molecule has 1 aliphatic carbocycles. The van der Waals surface area contributed by atoms with E-state index in [0.29, 0.717) is 34.1 Å². The van der Waals surface area contributed by atoms with Gasteiger partial charge in [0.25, 0.3) is 0 Å². The third-order valence-electron chi connectivity index (χ3n) is 7.17. The van der Waals surface area contributed by atoms with Crippen LogP contribution in [0.15, 0.2) is 42.5 Å². The van der Waals surface area contributed by atoms with Crippen molar-refractivity contribution in [2.75, 3.05) is 17.1 Å². The van der Waals surface area contributed by atoms with E-state index in [1.807, 2.05) is 26.0 Å². The monoisotopic (exact) mass is 595 g/mol. The second kappa shape index (κ2) is 14.4. The van der Waals surface area contributed by atoms with E-state index in [1.165, 1.54) is 10.7 Å². The number of carbonyl (C=O) groups excluding carboxylic acids is 2. The highest BCUT2D eigenvalue weighted by molar-refractivity contribution is 7.92. The van der Waals surface area contributed by atoms with E-state index in [0.717, 1.165) is 37.5 Å². The molecule has 1 N–H and O–H groups in total. The first kappa shape index (κ1) is 31.2. The molecule has 0 aromatic heterocycles. The number of amides is 2. The lowest BCUT2D eigenvalue weighted by Gasteiger charge is -2.33. The Morgan fingerprint density at radius 2 is 1.72 bits per heavy atom. The van der Waals surface area contributed by atoms with Crippen molar-refractivity contribution < 1.29 is 18.0 Å². The molecule has 2 aromatic rings. The SMILES string of the molecule is CC[C@H](C(=O)NC1CCCCC1)N(Cc1ccc(Cl)cc1Cl)C(=O)CCCN(c1ccc(C)cc1)S(C)(=O)=O. The molecular formula is C29H39Cl2N3O4S. The van der Waals surface area contributed by atoms with E-state index >= 15 is 0 Å². The van der Waals surface area contributed by atoms with Crippen molar-refractivity contribution in [2.24, 2.45) is 0 Å². The van der Waals surface area contributed by atoms with Gasteiger partial charge in [-0.1, -0.05) is 73.2 Å². The van der Waals surface area contributed by atoms with Gasteiger partial charge >= 0.3 is 0 Å². The molecule has 1 fully saturated rings. The number of halogens is 2. The van der Waals surface area contributed by atoms with E-state index in [-0.39, 0.29) is 37.4 Å². The predicted molar refractivity (Wildman–Crippen MR) is 159 cm³/mol. The summed E-state index contributed by atoms with van der Waals surface area (Å²) in [6.07, 6.45) is 7.21. The van der Waals surface area contributed by atoms with Gasteiger partial charge in [0.1, 0.15) is 6.04 Å². The fourth-order valence-corrected chi connectivity index (χ4v) is 6.45. The number of nitrogens with one attached hydrogen (secondary N) is 1. The lowest BCUT2D eigenvalue weighted by atomic mass is 9.95. The maximum absolute atomic E-state index is 13.6. The zero-order valence-corrected chi connectivity index (χ0v) is 25.3. The third kappa shape index (κ3) is 9.12. The number of anilines is 1. The largest absolute Gasteiger partial charge is 0.352 e. The van der Waals surface area contributed by atoms with E-state index in [4.69, 9.17) is 23.2 Å². The molecule has 2 amide bonds. The van der Waals surface area contributed by atoms with Crippen LogP contribution in [0, 0.1) is 6.92 Å². The topological polar surface area (TPSA) is 86.8 Å². The fourth-order valence-electron chi connectivity index (χ4n) is 5.01. The molecule has 0 heterocycles. The summed E-state index contributed by atoms with van der Waals surface area (Å²) in [4.78, 5) is 28.6. The van der Waals surface area contributed by atoms with Gasteiger partial charge in [0.15, 0.2) is 0 Å². The number of rotatable bonds is 12. The number of sulfonamides is 1. The summed E-state index contributed by atoms with van der Waals surface area (Å²) in [5.41, 5.74) is 2.27. The van der Waals surface area contributed by atoms with E-state index in [9.17, 15) is 18.0 Å². The zero-order valence-electron chi connectivity index (χ0n) is 23.0. The van der Waals surface area contributed by atoms with Crippen molar-refractivity contribution in [3.8, 4) is 0 Å². The van der Waals surface area contributed by atoms with Gasteiger partial charge in [-0.15, -0.1) is 0 Å². The van der Waals surface area contributed by atoms with E-state index < -0.39 is 16.1 Å². The molecule has 1 aliphatic rings. The third-order valence-corrected chi connectivity index (χ3v) is 8.95. The van der Waals surface area contributed by atoms with Crippen molar-refractivity contribution in [1.82, 2.24) is 10.2 Å². The van der Waals surface area contributed by atoms with Gasteiger partial charge in [0.2, 0.25) is 21.8 Å².